The number of halogens is 1. The molecular weight excluding hydrogens is 386 g/mol. The van der Waals surface area contributed by atoms with E-state index in [4.69, 9.17) is 10.5 Å². The number of pyridine rings is 1. The number of nitrogen functional groups attached to an aromatic ring is 1. The first-order chi connectivity index (χ1) is 13.6. The number of para-hydroxylation sites is 1. The lowest BCUT2D eigenvalue weighted by Gasteiger charge is -2.11. The van der Waals surface area contributed by atoms with E-state index in [1.54, 1.807) is 6.92 Å². The topological polar surface area (TPSA) is 68.2 Å². The highest BCUT2D eigenvalue weighted by molar-refractivity contribution is 6.09. The number of aromatic nitrogens is 1. The second-order valence-corrected chi connectivity index (χ2v) is 6.65. The average molecular weight is 408 g/mol. The fourth-order valence-corrected chi connectivity index (χ4v) is 3.63. The van der Waals surface area contributed by atoms with E-state index in [-0.39, 0.29) is 12.4 Å². The molecule has 4 aromatic rings. The summed E-state index contributed by atoms with van der Waals surface area (Å²) in [6.45, 7) is 2.11. The number of ether oxygens (including phenoxy) is 1. The van der Waals surface area contributed by atoms with Crippen LogP contribution in [-0.4, -0.2) is 12.7 Å². The summed E-state index contributed by atoms with van der Waals surface area (Å²) in [5, 5.41) is 6.16. The van der Waals surface area contributed by atoms with Gasteiger partial charge in [0.1, 0.15) is 7.05 Å². The van der Waals surface area contributed by atoms with Gasteiger partial charge in [0.25, 0.3) is 0 Å². The third kappa shape index (κ3) is 3.82. The second kappa shape index (κ2) is 8.37. The van der Waals surface area contributed by atoms with Crippen molar-refractivity contribution < 1.29 is 26.5 Å². The maximum absolute atomic E-state index is 11.6. The summed E-state index contributed by atoms with van der Waals surface area (Å²) < 4.78 is 7.12. The molecule has 3 N–H and O–H groups in total. The zero-order valence-electron chi connectivity index (χ0n) is 16.3. The maximum atomic E-state index is 11.6. The van der Waals surface area contributed by atoms with Crippen LogP contribution in [0.4, 0.5) is 16.2 Å². The Hall–Kier alpha value is -3.31. The van der Waals surface area contributed by atoms with Crippen LogP contribution in [0.5, 0.6) is 0 Å². The molecule has 1 heterocycles. The molecule has 148 valence electrons. The first kappa shape index (κ1) is 20.4. The normalized spacial score (nSPS) is 10.6. The fraction of sp³-hybridized carbons (Fsp3) is 0.130. The maximum Gasteiger partial charge on any atom is 0.411 e. The van der Waals surface area contributed by atoms with Crippen LogP contribution in [0.25, 0.3) is 32.9 Å². The largest absolute Gasteiger partial charge is 1.00 e. The van der Waals surface area contributed by atoms with Gasteiger partial charge in [-0.2, -0.15) is 4.57 Å². The number of hydrogen-bond acceptors (Lipinski definition) is 3. The molecule has 0 radical (unpaired) electrons. The zero-order valence-corrected chi connectivity index (χ0v) is 17.0. The highest BCUT2D eigenvalue weighted by Crippen LogP contribution is 2.32. The fourth-order valence-electron chi connectivity index (χ4n) is 3.63. The standard InChI is InChI=1S/C23H21N3O2.ClH/c1-3-28-23(27)25-17-11-8-15(9-12-17)22-20-14-16(24)10-13-18(20)19-6-4-5-7-21(19)26(22)2;/h4-14H,3,24H2,1-2H3;1H. The van der Waals surface area contributed by atoms with Crippen molar-refractivity contribution in [1.82, 2.24) is 0 Å². The van der Waals surface area contributed by atoms with Gasteiger partial charge < -0.3 is 22.9 Å². The number of amides is 1. The van der Waals surface area contributed by atoms with E-state index < -0.39 is 6.09 Å². The van der Waals surface area contributed by atoms with Gasteiger partial charge in [-0.3, -0.25) is 5.32 Å². The molecule has 0 bridgehead atoms. The molecule has 6 heteroatoms. The molecule has 0 fully saturated rings. The van der Waals surface area contributed by atoms with Crippen molar-refractivity contribution >= 4 is 39.1 Å². The SMILES string of the molecule is CCOC(=O)Nc1ccc(-c2c3cc(N)ccc3c3ccccc3[n+]2C)cc1.[Cl-]. The molecule has 0 saturated carbocycles. The number of rotatable bonds is 3. The summed E-state index contributed by atoms with van der Waals surface area (Å²) in [6.07, 6.45) is -0.454. The first-order valence-corrected chi connectivity index (χ1v) is 9.22. The molecule has 1 aromatic heterocycles. The van der Waals surface area contributed by atoms with Crippen LogP contribution in [-0.2, 0) is 11.8 Å². The molecule has 29 heavy (non-hydrogen) atoms. The van der Waals surface area contributed by atoms with E-state index >= 15 is 0 Å². The molecule has 0 atom stereocenters. The van der Waals surface area contributed by atoms with Gasteiger partial charge in [0.15, 0.2) is 0 Å². The van der Waals surface area contributed by atoms with Gasteiger partial charge in [0, 0.05) is 28.4 Å². The molecule has 4 rings (SSSR count). The van der Waals surface area contributed by atoms with Gasteiger partial charge in [-0.25, -0.2) is 4.79 Å². The Labute approximate surface area is 175 Å². The van der Waals surface area contributed by atoms with Crippen molar-refractivity contribution in [3.05, 3.63) is 66.7 Å². The lowest BCUT2D eigenvalue weighted by Crippen LogP contribution is -3.00. The Morgan fingerprint density at radius 3 is 2.45 bits per heavy atom. The van der Waals surface area contributed by atoms with Crippen LogP contribution in [0, 0.1) is 0 Å². The third-order valence-corrected chi connectivity index (χ3v) is 4.87. The van der Waals surface area contributed by atoms with Crippen LogP contribution in [0.1, 0.15) is 6.92 Å². The van der Waals surface area contributed by atoms with E-state index in [9.17, 15) is 4.79 Å². The van der Waals surface area contributed by atoms with Crippen molar-refractivity contribution in [2.45, 2.75) is 6.92 Å². The monoisotopic (exact) mass is 407 g/mol. The van der Waals surface area contributed by atoms with Crippen molar-refractivity contribution in [1.29, 1.82) is 0 Å². The molecule has 0 aliphatic rings. The second-order valence-electron chi connectivity index (χ2n) is 6.65. The number of nitrogens with zero attached hydrogens (tertiary/aromatic N) is 1. The summed E-state index contributed by atoms with van der Waals surface area (Å²) in [7, 11) is 2.06. The van der Waals surface area contributed by atoms with E-state index in [2.05, 4.69) is 35.1 Å². The summed E-state index contributed by atoms with van der Waals surface area (Å²) in [5.41, 5.74) is 10.8. The van der Waals surface area contributed by atoms with Gasteiger partial charge in [-0.15, -0.1) is 0 Å². The van der Waals surface area contributed by atoms with Crippen LogP contribution in [0.3, 0.4) is 0 Å². The van der Waals surface area contributed by atoms with E-state index in [1.165, 1.54) is 5.39 Å². The molecule has 0 aliphatic carbocycles. The number of carbonyl (C=O) groups is 1. The molecule has 5 nitrogen and oxygen atoms in total. The zero-order chi connectivity index (χ0) is 19.7. The first-order valence-electron chi connectivity index (χ1n) is 9.22. The Bertz CT molecular complexity index is 1190. The summed E-state index contributed by atoms with van der Waals surface area (Å²) in [4.78, 5) is 11.6. The lowest BCUT2D eigenvalue weighted by atomic mass is 9.98. The van der Waals surface area contributed by atoms with Crippen LogP contribution >= 0.6 is 0 Å². The highest BCUT2D eigenvalue weighted by Gasteiger charge is 2.20. The highest BCUT2D eigenvalue weighted by atomic mass is 35.5. The summed E-state index contributed by atoms with van der Waals surface area (Å²) in [5.74, 6) is 0. The van der Waals surface area contributed by atoms with Crippen LogP contribution in [0.2, 0.25) is 0 Å². The number of fused-ring (bicyclic) bond motifs is 3. The van der Waals surface area contributed by atoms with Crippen molar-refractivity contribution in [3.8, 4) is 11.3 Å². The average Bonchev–Trinajstić information content (AvgIpc) is 2.69. The number of hydrogen-bond donors (Lipinski definition) is 2. The number of carbonyl (C=O) groups excluding carboxylic acids is 1. The Kier molecular flexibility index (Phi) is 5.89. The number of nitrogens with two attached hydrogens (primary N) is 1. The van der Waals surface area contributed by atoms with Crippen molar-refractivity contribution in [3.63, 3.8) is 0 Å². The molecular formula is C23H22ClN3O2. The van der Waals surface area contributed by atoms with Crippen LogP contribution in [0.15, 0.2) is 66.7 Å². The van der Waals surface area contributed by atoms with Gasteiger partial charge in [-0.05, 0) is 49.4 Å². The minimum atomic E-state index is -0.454. The van der Waals surface area contributed by atoms with Gasteiger partial charge >= 0.3 is 6.09 Å². The summed E-state index contributed by atoms with van der Waals surface area (Å²) in [6, 6.07) is 22.1. The van der Waals surface area contributed by atoms with Gasteiger partial charge in [0.2, 0.25) is 11.2 Å². The van der Waals surface area contributed by atoms with Gasteiger partial charge in [0.05, 0.1) is 17.4 Å². The van der Waals surface area contributed by atoms with Crippen LogP contribution < -0.4 is 28.0 Å². The molecule has 0 unspecified atom stereocenters. The minimum absolute atomic E-state index is 0. The summed E-state index contributed by atoms with van der Waals surface area (Å²) >= 11 is 0. The molecule has 0 spiro atoms. The Balaban J connectivity index is 0.00000240. The Morgan fingerprint density at radius 2 is 1.72 bits per heavy atom. The number of anilines is 2. The smallest absolute Gasteiger partial charge is 0.411 e. The Morgan fingerprint density at radius 1 is 1.00 bits per heavy atom. The predicted molar refractivity (Wildman–Crippen MR) is 113 cm³/mol. The minimum Gasteiger partial charge on any atom is -1.00 e. The van der Waals surface area contributed by atoms with Crippen molar-refractivity contribution in [2.24, 2.45) is 7.05 Å². The molecule has 1 amide bonds. The number of nitrogens with one attached hydrogen (secondary N) is 1. The lowest BCUT2D eigenvalue weighted by molar-refractivity contribution is -0.632. The van der Waals surface area contributed by atoms with Gasteiger partial charge in [-0.1, -0.05) is 18.2 Å². The quantitative estimate of drug-likeness (QED) is 0.308. The van der Waals surface area contributed by atoms with E-state index in [1.807, 2.05) is 48.5 Å². The number of benzene rings is 3. The molecule has 3 aromatic carbocycles. The molecule has 0 saturated heterocycles. The third-order valence-electron chi connectivity index (χ3n) is 4.87. The van der Waals surface area contributed by atoms with E-state index in [0.717, 1.165) is 33.2 Å². The molecule has 0 aliphatic heterocycles. The predicted octanol–water partition coefficient (Wildman–Crippen LogP) is 1.64. The van der Waals surface area contributed by atoms with E-state index in [0.29, 0.717) is 12.3 Å². The number of aryl methyl sites for hydroxylation is 1. The van der Waals surface area contributed by atoms with Crippen molar-refractivity contribution in [2.75, 3.05) is 17.7 Å².